The van der Waals surface area contributed by atoms with Gasteiger partial charge in [-0.1, -0.05) is 12.1 Å². The molecule has 0 radical (unpaired) electrons. The lowest BCUT2D eigenvalue weighted by Crippen LogP contribution is -2.27. The van der Waals surface area contributed by atoms with Crippen LogP contribution in [0.1, 0.15) is 23.6 Å². The van der Waals surface area contributed by atoms with Gasteiger partial charge in [-0.2, -0.15) is 0 Å². The van der Waals surface area contributed by atoms with Gasteiger partial charge >= 0.3 is 0 Å². The number of nitrogens with two attached hydrogens (primary N) is 1. The van der Waals surface area contributed by atoms with Crippen LogP contribution in [0.2, 0.25) is 0 Å². The molecule has 1 aliphatic heterocycles. The highest BCUT2D eigenvalue weighted by Gasteiger charge is 2.15. The number of aryl methyl sites for hydroxylation is 1. The van der Waals surface area contributed by atoms with Gasteiger partial charge in [-0.25, -0.2) is 0 Å². The van der Waals surface area contributed by atoms with Crippen LogP contribution in [0, 0.1) is 0 Å². The van der Waals surface area contributed by atoms with Gasteiger partial charge in [0, 0.05) is 31.9 Å². The maximum absolute atomic E-state index is 5.75. The highest BCUT2D eigenvalue weighted by Crippen LogP contribution is 2.28. The van der Waals surface area contributed by atoms with Crippen molar-refractivity contribution in [2.45, 2.75) is 18.9 Å². The third kappa shape index (κ3) is 2.06. The first-order chi connectivity index (χ1) is 7.76. The SMILES string of the molecule is CNC(CN)c1ccc2c(c1)CCCN2C. The number of anilines is 1. The van der Waals surface area contributed by atoms with Crippen molar-refractivity contribution in [3.63, 3.8) is 0 Å². The second-order valence-electron chi connectivity index (χ2n) is 4.49. The molecule has 0 bridgehead atoms. The van der Waals surface area contributed by atoms with Gasteiger partial charge in [-0.05, 0) is 37.1 Å². The van der Waals surface area contributed by atoms with Crippen molar-refractivity contribution in [2.75, 3.05) is 32.1 Å². The van der Waals surface area contributed by atoms with Crippen molar-refractivity contribution in [1.29, 1.82) is 0 Å². The number of rotatable bonds is 3. The molecular formula is C13H21N3. The Balaban J connectivity index is 2.31. The van der Waals surface area contributed by atoms with Crippen molar-refractivity contribution in [1.82, 2.24) is 5.32 Å². The van der Waals surface area contributed by atoms with E-state index in [0.717, 1.165) is 0 Å². The molecule has 0 aromatic heterocycles. The normalized spacial score (nSPS) is 17.1. The minimum atomic E-state index is 0.275. The predicted octanol–water partition coefficient (Wildman–Crippen LogP) is 1.29. The Hall–Kier alpha value is -1.06. The summed E-state index contributed by atoms with van der Waals surface area (Å²) in [5, 5.41) is 3.25. The standard InChI is InChI=1S/C13H21N3/c1-15-12(9-14)10-5-6-13-11(8-10)4-3-7-16(13)2/h5-6,8,12,15H,3-4,7,9,14H2,1-2H3. The first kappa shape index (κ1) is 11.4. The van der Waals surface area contributed by atoms with Gasteiger partial charge in [-0.3, -0.25) is 0 Å². The number of nitrogens with zero attached hydrogens (tertiary/aromatic N) is 1. The van der Waals surface area contributed by atoms with Crippen LogP contribution in [-0.2, 0) is 6.42 Å². The molecule has 1 heterocycles. The second kappa shape index (κ2) is 4.85. The Bertz CT molecular complexity index is 358. The number of benzene rings is 1. The summed E-state index contributed by atoms with van der Waals surface area (Å²) in [5.41, 5.74) is 9.89. The molecule has 0 saturated carbocycles. The summed E-state index contributed by atoms with van der Waals surface area (Å²) in [6.45, 7) is 1.81. The minimum Gasteiger partial charge on any atom is -0.374 e. The van der Waals surface area contributed by atoms with E-state index < -0.39 is 0 Å². The van der Waals surface area contributed by atoms with E-state index in [-0.39, 0.29) is 6.04 Å². The lowest BCUT2D eigenvalue weighted by Gasteiger charge is -2.28. The third-order valence-corrected chi connectivity index (χ3v) is 3.44. The molecular weight excluding hydrogens is 198 g/mol. The summed E-state index contributed by atoms with van der Waals surface area (Å²) in [5.74, 6) is 0. The highest BCUT2D eigenvalue weighted by atomic mass is 15.1. The molecule has 88 valence electrons. The molecule has 1 aliphatic rings. The summed E-state index contributed by atoms with van der Waals surface area (Å²) >= 11 is 0. The molecule has 0 spiro atoms. The smallest absolute Gasteiger partial charge is 0.0442 e. The van der Waals surface area contributed by atoms with Gasteiger partial charge in [-0.15, -0.1) is 0 Å². The minimum absolute atomic E-state index is 0.275. The van der Waals surface area contributed by atoms with Crippen LogP contribution < -0.4 is 16.0 Å². The maximum Gasteiger partial charge on any atom is 0.0442 e. The van der Waals surface area contributed by atoms with E-state index in [1.807, 2.05) is 7.05 Å². The van der Waals surface area contributed by atoms with Crippen molar-refractivity contribution in [3.05, 3.63) is 29.3 Å². The molecule has 0 saturated heterocycles. The van der Waals surface area contributed by atoms with Gasteiger partial charge in [0.2, 0.25) is 0 Å². The van der Waals surface area contributed by atoms with Gasteiger partial charge in [0.1, 0.15) is 0 Å². The third-order valence-electron chi connectivity index (χ3n) is 3.44. The zero-order chi connectivity index (χ0) is 11.5. The molecule has 0 aliphatic carbocycles. The second-order valence-corrected chi connectivity index (χ2v) is 4.49. The molecule has 3 N–H and O–H groups in total. The zero-order valence-electron chi connectivity index (χ0n) is 10.2. The molecule has 1 aromatic rings. The van der Waals surface area contributed by atoms with Gasteiger partial charge < -0.3 is 16.0 Å². The van der Waals surface area contributed by atoms with Crippen LogP contribution in [-0.4, -0.2) is 27.2 Å². The Morgan fingerprint density at radius 3 is 3.00 bits per heavy atom. The van der Waals surface area contributed by atoms with E-state index >= 15 is 0 Å². The van der Waals surface area contributed by atoms with E-state index in [1.54, 1.807) is 0 Å². The van der Waals surface area contributed by atoms with Gasteiger partial charge in [0.15, 0.2) is 0 Å². The molecule has 0 fully saturated rings. The van der Waals surface area contributed by atoms with E-state index in [2.05, 4.69) is 35.5 Å². The van der Waals surface area contributed by atoms with Crippen molar-refractivity contribution < 1.29 is 0 Å². The number of hydrogen-bond donors (Lipinski definition) is 2. The Morgan fingerprint density at radius 2 is 2.31 bits per heavy atom. The largest absolute Gasteiger partial charge is 0.374 e. The quantitative estimate of drug-likeness (QED) is 0.805. The molecule has 0 amide bonds. The summed E-state index contributed by atoms with van der Waals surface area (Å²) in [6, 6.07) is 7.00. The van der Waals surface area contributed by atoms with E-state index in [4.69, 9.17) is 5.73 Å². The maximum atomic E-state index is 5.75. The van der Waals surface area contributed by atoms with E-state index in [1.165, 1.54) is 36.2 Å². The fourth-order valence-electron chi connectivity index (χ4n) is 2.44. The van der Waals surface area contributed by atoms with Crippen molar-refractivity contribution in [3.8, 4) is 0 Å². The molecule has 16 heavy (non-hydrogen) atoms. The Kier molecular flexibility index (Phi) is 3.46. The Morgan fingerprint density at radius 1 is 1.50 bits per heavy atom. The summed E-state index contributed by atoms with van der Waals surface area (Å²) in [7, 11) is 4.12. The van der Waals surface area contributed by atoms with Crippen LogP contribution in [0.15, 0.2) is 18.2 Å². The molecule has 1 atom stereocenters. The molecule has 2 rings (SSSR count). The van der Waals surface area contributed by atoms with Crippen LogP contribution in [0.5, 0.6) is 0 Å². The van der Waals surface area contributed by atoms with Crippen LogP contribution >= 0.6 is 0 Å². The average Bonchev–Trinajstić information content (AvgIpc) is 2.31. The number of likely N-dealkylation sites (N-methyl/N-ethyl adjacent to an activating group) is 1. The van der Waals surface area contributed by atoms with Crippen LogP contribution in [0.4, 0.5) is 5.69 Å². The summed E-state index contributed by atoms with van der Waals surface area (Å²) in [6.07, 6.45) is 2.44. The average molecular weight is 219 g/mol. The zero-order valence-corrected chi connectivity index (χ0v) is 10.2. The fourth-order valence-corrected chi connectivity index (χ4v) is 2.44. The lowest BCUT2D eigenvalue weighted by molar-refractivity contribution is 0.603. The molecule has 3 nitrogen and oxygen atoms in total. The van der Waals surface area contributed by atoms with Gasteiger partial charge in [0.05, 0.1) is 0 Å². The van der Waals surface area contributed by atoms with Gasteiger partial charge in [0.25, 0.3) is 0 Å². The predicted molar refractivity (Wildman–Crippen MR) is 68.9 cm³/mol. The highest BCUT2D eigenvalue weighted by molar-refractivity contribution is 5.56. The lowest BCUT2D eigenvalue weighted by atomic mass is 9.97. The van der Waals surface area contributed by atoms with Crippen molar-refractivity contribution in [2.24, 2.45) is 5.73 Å². The molecule has 1 unspecified atom stereocenters. The van der Waals surface area contributed by atoms with E-state index in [9.17, 15) is 0 Å². The topological polar surface area (TPSA) is 41.3 Å². The summed E-state index contributed by atoms with van der Waals surface area (Å²) in [4.78, 5) is 2.33. The Labute approximate surface area is 97.6 Å². The van der Waals surface area contributed by atoms with Crippen LogP contribution in [0.25, 0.3) is 0 Å². The summed E-state index contributed by atoms with van der Waals surface area (Å²) < 4.78 is 0. The van der Waals surface area contributed by atoms with Crippen LogP contribution in [0.3, 0.4) is 0 Å². The van der Waals surface area contributed by atoms with E-state index in [0.29, 0.717) is 6.54 Å². The number of fused-ring (bicyclic) bond motifs is 1. The molecule has 1 aromatic carbocycles. The molecule has 3 heteroatoms. The fraction of sp³-hybridized carbons (Fsp3) is 0.538. The number of hydrogen-bond acceptors (Lipinski definition) is 3. The van der Waals surface area contributed by atoms with Crippen molar-refractivity contribution >= 4 is 5.69 Å². The number of nitrogens with one attached hydrogen (secondary N) is 1. The first-order valence-corrected chi connectivity index (χ1v) is 5.97. The monoisotopic (exact) mass is 219 g/mol. The first-order valence-electron chi connectivity index (χ1n) is 5.97.